The van der Waals surface area contributed by atoms with Crippen LogP contribution in [0.4, 0.5) is 0 Å². The normalized spacial score (nSPS) is 32.4. The molecule has 5 atom stereocenters. The molecule has 38 heavy (non-hydrogen) atoms. The van der Waals surface area contributed by atoms with Crippen molar-refractivity contribution in [2.45, 2.75) is 103 Å². The number of hydrogen-bond donors (Lipinski definition) is 2. The first-order valence-electron chi connectivity index (χ1n) is 13.6. The molecule has 0 bridgehead atoms. The molecule has 0 aliphatic carbocycles. The Morgan fingerprint density at radius 1 is 1.18 bits per heavy atom. The Morgan fingerprint density at radius 3 is 2.63 bits per heavy atom. The number of oxazole rings is 1. The van der Waals surface area contributed by atoms with Crippen molar-refractivity contribution in [3.8, 4) is 0 Å². The van der Waals surface area contributed by atoms with E-state index in [1.807, 2.05) is 25.1 Å². The van der Waals surface area contributed by atoms with Crippen LogP contribution in [0.15, 0.2) is 35.3 Å². The number of aryl methyl sites for hydroxylation is 1. The molecule has 2 aliphatic heterocycles. The second-order valence-corrected chi connectivity index (χ2v) is 12.0. The number of allylic oxidation sites excluding steroid dienone is 1. The lowest BCUT2D eigenvalue weighted by Crippen LogP contribution is -2.50. The molecular weight excluding hydrogens is 486 g/mol. The van der Waals surface area contributed by atoms with Crippen molar-refractivity contribution in [2.24, 2.45) is 17.3 Å². The van der Waals surface area contributed by atoms with Gasteiger partial charge in [-0.3, -0.25) is 9.59 Å². The van der Waals surface area contributed by atoms with Crippen LogP contribution in [0, 0.1) is 24.2 Å². The zero-order chi connectivity index (χ0) is 27.9. The Balaban J connectivity index is 1.62. The summed E-state index contributed by atoms with van der Waals surface area (Å²) in [5.74, 6) is -3.91. The lowest BCUT2D eigenvalue weighted by Gasteiger charge is -2.39. The molecule has 2 aliphatic rings. The molecule has 2 fully saturated rings. The topological polar surface area (TPSA) is 122 Å². The van der Waals surface area contributed by atoms with Gasteiger partial charge >= 0.3 is 5.97 Å². The maximum absolute atomic E-state index is 13.6. The molecular formula is C30H41NO7. The maximum atomic E-state index is 13.6. The van der Waals surface area contributed by atoms with E-state index < -0.39 is 35.1 Å². The highest BCUT2D eigenvalue weighted by atomic mass is 16.6. The molecule has 0 saturated carbocycles. The average molecular weight is 528 g/mol. The Kier molecular flexibility index (Phi) is 7.90. The summed E-state index contributed by atoms with van der Waals surface area (Å²) in [6.45, 7) is 12.8. The first-order chi connectivity index (χ1) is 17.8. The number of carbonyl (C=O) groups is 2. The van der Waals surface area contributed by atoms with Gasteiger partial charge in [0.25, 0.3) is 0 Å². The number of cyclic esters (lactones) is 1. The van der Waals surface area contributed by atoms with Crippen molar-refractivity contribution in [1.82, 2.24) is 4.98 Å². The van der Waals surface area contributed by atoms with Crippen LogP contribution in [-0.2, 0) is 19.1 Å². The molecule has 0 spiro atoms. The molecule has 0 radical (unpaired) electrons. The van der Waals surface area contributed by atoms with Crippen molar-refractivity contribution in [1.29, 1.82) is 0 Å². The van der Waals surface area contributed by atoms with E-state index >= 15 is 0 Å². The fourth-order valence-corrected chi connectivity index (χ4v) is 5.70. The third-order valence-electron chi connectivity index (χ3n) is 8.52. The summed E-state index contributed by atoms with van der Waals surface area (Å²) in [6, 6.07) is 5.61. The minimum absolute atomic E-state index is 0.0174. The molecule has 1 aromatic heterocycles. The number of aliphatic hydroxyl groups is 2. The van der Waals surface area contributed by atoms with Crippen LogP contribution in [-0.4, -0.2) is 44.4 Å². The molecule has 3 heterocycles. The van der Waals surface area contributed by atoms with Gasteiger partial charge in [0, 0.05) is 31.1 Å². The van der Waals surface area contributed by atoms with Crippen molar-refractivity contribution in [3.05, 3.63) is 42.3 Å². The van der Waals surface area contributed by atoms with Crippen LogP contribution in [0.3, 0.4) is 0 Å². The number of Topliss-reactive ketones (excluding diaryl/α,β-unsaturated/α-hetero) is 1. The number of hydrogen-bond acceptors (Lipinski definition) is 8. The monoisotopic (exact) mass is 527 g/mol. The number of epoxide rings is 1. The van der Waals surface area contributed by atoms with Crippen LogP contribution >= 0.6 is 0 Å². The second-order valence-electron chi connectivity index (χ2n) is 12.0. The molecule has 5 unspecified atom stereocenters. The quantitative estimate of drug-likeness (QED) is 0.237. The number of carbonyl (C=O) groups excluding carboxylic acids is 2. The summed E-state index contributed by atoms with van der Waals surface area (Å²) < 4.78 is 17.7. The first kappa shape index (κ1) is 28.5. The van der Waals surface area contributed by atoms with E-state index in [2.05, 4.69) is 11.6 Å². The van der Waals surface area contributed by atoms with Crippen LogP contribution in [0.25, 0.3) is 11.1 Å². The number of aromatic nitrogens is 1. The first-order valence-corrected chi connectivity index (χ1v) is 13.6. The predicted molar refractivity (Wildman–Crippen MR) is 142 cm³/mol. The smallest absolute Gasteiger partial charge is 0.306 e. The van der Waals surface area contributed by atoms with Gasteiger partial charge in [-0.05, 0) is 50.3 Å². The van der Waals surface area contributed by atoms with E-state index in [1.165, 1.54) is 0 Å². The lowest BCUT2D eigenvalue weighted by molar-refractivity contribution is -0.233. The standard InChI is InChI=1S/C30H41NO7/c1-7-9-21-27(33)28(4,5)15-13-26(32)37-24(20-11-12-23-22(16-20)31-19(3)36-23)17-25-29(6,38-25)14-8-10-18(2)30(21,34)35/h7,11-12,16,18,21,24-25,34-35H,1,8-10,13-15,17H2,2-6H3. The minimum atomic E-state index is -2.19. The number of fused-ring (bicyclic) bond motifs is 2. The summed E-state index contributed by atoms with van der Waals surface area (Å²) in [7, 11) is 0. The average Bonchev–Trinajstić information content (AvgIpc) is 3.31. The molecule has 2 N–H and O–H groups in total. The van der Waals surface area contributed by atoms with Gasteiger partial charge in [0.2, 0.25) is 0 Å². The fourth-order valence-electron chi connectivity index (χ4n) is 5.70. The van der Waals surface area contributed by atoms with Crippen molar-refractivity contribution in [2.75, 3.05) is 0 Å². The number of rotatable bonds is 3. The highest BCUT2D eigenvalue weighted by Gasteiger charge is 2.53. The van der Waals surface area contributed by atoms with E-state index in [0.29, 0.717) is 42.7 Å². The zero-order valence-electron chi connectivity index (χ0n) is 23.2. The molecule has 8 heteroatoms. The number of ether oxygens (including phenoxy) is 2. The third kappa shape index (κ3) is 5.87. The molecule has 2 saturated heterocycles. The summed E-state index contributed by atoms with van der Waals surface area (Å²) in [5, 5.41) is 22.3. The minimum Gasteiger partial charge on any atom is -0.457 e. The third-order valence-corrected chi connectivity index (χ3v) is 8.52. The maximum Gasteiger partial charge on any atom is 0.306 e. The van der Waals surface area contributed by atoms with Gasteiger partial charge in [-0.2, -0.15) is 0 Å². The summed E-state index contributed by atoms with van der Waals surface area (Å²) in [6.07, 6.45) is 3.72. The van der Waals surface area contributed by atoms with E-state index in [4.69, 9.17) is 13.9 Å². The zero-order valence-corrected chi connectivity index (χ0v) is 23.2. The highest BCUT2D eigenvalue weighted by Crippen LogP contribution is 2.47. The van der Waals surface area contributed by atoms with Gasteiger partial charge in [-0.1, -0.05) is 39.3 Å². The van der Waals surface area contributed by atoms with E-state index in [0.717, 1.165) is 5.56 Å². The van der Waals surface area contributed by atoms with Crippen molar-refractivity contribution < 1.29 is 33.7 Å². The van der Waals surface area contributed by atoms with Crippen LogP contribution in [0.1, 0.15) is 90.2 Å². The summed E-state index contributed by atoms with van der Waals surface area (Å²) >= 11 is 0. The van der Waals surface area contributed by atoms with Crippen LogP contribution < -0.4 is 0 Å². The molecule has 4 rings (SSSR count). The van der Waals surface area contributed by atoms with E-state index in [9.17, 15) is 19.8 Å². The Hall–Kier alpha value is -2.55. The van der Waals surface area contributed by atoms with Gasteiger partial charge in [-0.15, -0.1) is 6.58 Å². The Bertz CT molecular complexity index is 1200. The predicted octanol–water partition coefficient (Wildman–Crippen LogP) is 5.34. The van der Waals surface area contributed by atoms with Crippen molar-refractivity contribution >= 4 is 22.9 Å². The van der Waals surface area contributed by atoms with Gasteiger partial charge in [0.1, 0.15) is 17.4 Å². The molecule has 1 aromatic carbocycles. The molecule has 208 valence electrons. The highest BCUT2D eigenvalue weighted by molar-refractivity contribution is 5.88. The number of benzene rings is 1. The lowest BCUT2D eigenvalue weighted by atomic mass is 9.71. The van der Waals surface area contributed by atoms with E-state index in [1.54, 1.807) is 33.8 Å². The number of esters is 1. The van der Waals surface area contributed by atoms with Crippen molar-refractivity contribution in [3.63, 3.8) is 0 Å². The largest absolute Gasteiger partial charge is 0.457 e. The number of ketones is 1. The van der Waals surface area contributed by atoms with Crippen LogP contribution in [0.2, 0.25) is 0 Å². The second kappa shape index (κ2) is 10.5. The Labute approximate surface area is 224 Å². The van der Waals surface area contributed by atoms with Gasteiger partial charge in [0.15, 0.2) is 17.3 Å². The number of nitrogens with zero attached hydrogens (tertiary/aromatic N) is 1. The molecule has 8 nitrogen and oxygen atoms in total. The summed E-state index contributed by atoms with van der Waals surface area (Å²) in [5.41, 5.74) is 0.838. The van der Waals surface area contributed by atoms with Gasteiger partial charge in [-0.25, -0.2) is 4.98 Å². The fraction of sp³-hybridized carbons (Fsp3) is 0.633. The Morgan fingerprint density at radius 2 is 1.92 bits per heavy atom. The van der Waals surface area contributed by atoms with E-state index in [-0.39, 0.29) is 36.8 Å². The molecule has 0 amide bonds. The summed E-state index contributed by atoms with van der Waals surface area (Å²) in [4.78, 5) is 31.1. The van der Waals surface area contributed by atoms with Gasteiger partial charge in [0.05, 0.1) is 17.6 Å². The van der Waals surface area contributed by atoms with Gasteiger partial charge < -0.3 is 24.1 Å². The van der Waals surface area contributed by atoms with Crippen LogP contribution in [0.5, 0.6) is 0 Å². The molecule has 2 aromatic rings. The SMILES string of the molecule is C=CCC1C(=O)C(C)(C)CCC(=O)OC(c2ccc3oc(C)nc3c2)CC2OC2(C)CCCC(C)C1(O)O.